The minimum atomic E-state index is -5.28. The summed E-state index contributed by atoms with van der Waals surface area (Å²) in [6.45, 7) is 6.70. The van der Waals surface area contributed by atoms with E-state index in [4.69, 9.17) is 6.57 Å². The number of halogens is 15. The second kappa shape index (κ2) is 16.2. The number of hydrogen-bond donors (Lipinski definition) is 0. The zero-order chi connectivity index (χ0) is 40.5. The van der Waals surface area contributed by atoms with E-state index in [1.807, 2.05) is 0 Å². The van der Waals surface area contributed by atoms with Crippen LogP contribution in [0.2, 0.25) is 0 Å². The molecule has 2 aromatic carbocycles. The lowest BCUT2D eigenvalue weighted by Crippen LogP contribution is -2.16. The molecule has 0 saturated carbocycles. The molecule has 0 aliphatic carbocycles. The van der Waals surface area contributed by atoms with Crippen molar-refractivity contribution in [3.05, 3.63) is 123 Å². The highest BCUT2D eigenvalue weighted by atomic mass is 79.9. The first kappa shape index (κ1) is 45.8. The van der Waals surface area contributed by atoms with Crippen molar-refractivity contribution in [1.29, 1.82) is 0 Å². The topological polar surface area (TPSA) is 98.4 Å². The summed E-state index contributed by atoms with van der Waals surface area (Å²) in [5.74, 6) is 0. The molecule has 0 saturated heterocycles. The maximum absolute atomic E-state index is 14.4. The molecule has 4 aromatic rings. The Hall–Kier alpha value is -4.37. The van der Waals surface area contributed by atoms with E-state index in [0.29, 0.717) is 4.47 Å². The summed E-state index contributed by atoms with van der Waals surface area (Å²) in [6.07, 6.45) is -19.2. The van der Waals surface area contributed by atoms with E-state index >= 15 is 0 Å². The van der Waals surface area contributed by atoms with Crippen LogP contribution in [0.1, 0.15) is 52.1 Å². The molecule has 0 aliphatic rings. The van der Waals surface area contributed by atoms with Crippen LogP contribution in [-0.4, -0.2) is 26.8 Å². The van der Waals surface area contributed by atoms with E-state index in [0.717, 1.165) is 30.6 Å². The molecule has 294 valence electrons. The molecule has 2 aromatic heterocycles. The first-order valence-electron chi connectivity index (χ1n) is 13.3. The zero-order valence-corrected chi connectivity index (χ0v) is 28.3. The molecule has 0 amide bonds. The highest BCUT2D eigenvalue weighted by molar-refractivity contribution is 9.10. The van der Waals surface area contributed by atoms with Crippen molar-refractivity contribution in [2.45, 2.75) is 52.9 Å². The molecule has 24 heteroatoms. The van der Waals surface area contributed by atoms with Gasteiger partial charge in [-0.3, -0.25) is 9.97 Å². The van der Waals surface area contributed by atoms with Crippen molar-refractivity contribution in [3.63, 3.8) is 0 Å². The SMILES string of the molecule is C.O=S(=O)(c1cc(C(F)(F)F)cc(C(F)(F)F)c1)C(F)c1ccc(Br)cn1.[C-]#[N+]c1ccc(C(F)S(=O)(=O)c2cc(C(F)(F)F)cc(C(F)(F)F)c2)nc1. The van der Waals surface area contributed by atoms with Gasteiger partial charge >= 0.3 is 24.7 Å². The van der Waals surface area contributed by atoms with Crippen molar-refractivity contribution in [2.75, 3.05) is 0 Å². The molecular weight excluding hydrogens is 876 g/mol. The number of rotatable bonds is 6. The van der Waals surface area contributed by atoms with Crippen LogP contribution in [0, 0.1) is 6.57 Å². The summed E-state index contributed by atoms with van der Waals surface area (Å²) < 4.78 is 232. The molecule has 2 atom stereocenters. The molecule has 0 aliphatic heterocycles. The largest absolute Gasteiger partial charge is 0.416 e. The van der Waals surface area contributed by atoms with Crippen LogP contribution in [0.5, 0.6) is 0 Å². The van der Waals surface area contributed by atoms with Gasteiger partial charge in [-0.15, -0.1) is 0 Å². The van der Waals surface area contributed by atoms with Gasteiger partial charge in [0.2, 0.25) is 36.4 Å². The van der Waals surface area contributed by atoms with Gasteiger partial charge in [-0.1, -0.05) is 13.5 Å². The molecule has 0 radical (unpaired) electrons. The summed E-state index contributed by atoms with van der Waals surface area (Å²) in [4.78, 5) is 6.83. The van der Waals surface area contributed by atoms with Gasteiger partial charge in [0.05, 0.1) is 50.0 Å². The lowest BCUT2D eigenvalue weighted by Gasteiger charge is -2.16. The molecule has 0 bridgehead atoms. The monoisotopic (exact) mass is 893 g/mol. The maximum atomic E-state index is 14.4. The number of sulfone groups is 2. The van der Waals surface area contributed by atoms with Gasteiger partial charge in [-0.25, -0.2) is 30.5 Å². The quantitative estimate of drug-likeness (QED) is 0.141. The highest BCUT2D eigenvalue weighted by Gasteiger charge is 2.42. The van der Waals surface area contributed by atoms with Crippen molar-refractivity contribution < 1.29 is 78.3 Å². The Bertz CT molecular complexity index is 2150. The van der Waals surface area contributed by atoms with Crippen LogP contribution in [0.15, 0.2) is 87.3 Å². The third-order valence-electron chi connectivity index (χ3n) is 6.44. The Morgan fingerprint density at radius 3 is 1.11 bits per heavy atom. The Morgan fingerprint density at radius 1 is 0.556 bits per heavy atom. The second-order valence-corrected chi connectivity index (χ2v) is 15.0. The Kier molecular flexibility index (Phi) is 13.7. The number of benzene rings is 2. The van der Waals surface area contributed by atoms with E-state index < -0.39 is 98.8 Å². The van der Waals surface area contributed by atoms with Gasteiger partial charge in [-0.2, -0.15) is 52.7 Å². The van der Waals surface area contributed by atoms with Gasteiger partial charge in [0.1, 0.15) is 0 Å². The smallest absolute Gasteiger partial charge is 0.269 e. The van der Waals surface area contributed by atoms with Crippen molar-refractivity contribution in [2.24, 2.45) is 0 Å². The van der Waals surface area contributed by atoms with Crippen LogP contribution < -0.4 is 0 Å². The molecule has 0 N–H and O–H groups in total. The minimum absolute atomic E-state index is 0. The Morgan fingerprint density at radius 2 is 0.870 bits per heavy atom. The summed E-state index contributed by atoms with van der Waals surface area (Å²) >= 11 is 2.97. The Labute approximate surface area is 304 Å². The average Bonchev–Trinajstić information content (AvgIpc) is 3.06. The molecule has 54 heavy (non-hydrogen) atoms. The lowest BCUT2D eigenvalue weighted by molar-refractivity contribution is -0.145. The molecule has 0 spiro atoms. The summed E-state index contributed by atoms with van der Waals surface area (Å²) in [7, 11) is -10.5. The fraction of sp³-hybridized carbons (Fsp3) is 0.233. The van der Waals surface area contributed by atoms with E-state index in [2.05, 4.69) is 30.7 Å². The van der Waals surface area contributed by atoms with Gasteiger partial charge < -0.3 is 0 Å². The number of aromatic nitrogens is 2. The average molecular weight is 895 g/mol. The van der Waals surface area contributed by atoms with E-state index in [1.54, 1.807) is 0 Å². The van der Waals surface area contributed by atoms with Crippen LogP contribution in [0.25, 0.3) is 4.85 Å². The Balaban J connectivity index is 0.000000367. The minimum Gasteiger partial charge on any atom is -0.269 e. The first-order valence-corrected chi connectivity index (χ1v) is 17.2. The zero-order valence-electron chi connectivity index (χ0n) is 25.0. The van der Waals surface area contributed by atoms with Crippen molar-refractivity contribution in [3.8, 4) is 0 Å². The molecular formula is C30H18BrF14N3O4S2. The number of pyridine rings is 2. The summed E-state index contributed by atoms with van der Waals surface area (Å²) in [5, 5.41) is 0. The third kappa shape index (κ3) is 10.9. The number of nitrogens with zero attached hydrogens (tertiary/aromatic N) is 3. The predicted octanol–water partition coefficient (Wildman–Crippen LogP) is 11.1. The van der Waals surface area contributed by atoms with Gasteiger partial charge in [-0.05, 0) is 70.5 Å². The first-order chi connectivity index (χ1) is 24.0. The maximum Gasteiger partial charge on any atom is 0.416 e. The van der Waals surface area contributed by atoms with E-state index in [-0.39, 0.29) is 49.5 Å². The van der Waals surface area contributed by atoms with Crippen molar-refractivity contribution in [1.82, 2.24) is 9.97 Å². The third-order valence-corrected chi connectivity index (χ3v) is 10.3. The standard InChI is InChI=1S/C15H7F7N2O2S.C14H7BrF7NO2S.CH4/c1-23-10-2-3-12(24-7-10)13(16)27(25,26)11-5-8(14(17,18)19)4-9(6-11)15(20,21)22;15-9-1-2-11(23-6-9)12(16)26(24,25)10-4-7(13(17,18)19)3-8(5-10)14(20,21)22;/h2-7,13H;1-6,12H;1H4. The van der Waals surface area contributed by atoms with Crippen molar-refractivity contribution >= 4 is 41.3 Å². The van der Waals surface area contributed by atoms with E-state index in [9.17, 15) is 78.3 Å². The van der Waals surface area contributed by atoms with Crippen LogP contribution in [0.3, 0.4) is 0 Å². The lowest BCUT2D eigenvalue weighted by atomic mass is 10.1. The number of alkyl halides is 14. The second-order valence-electron chi connectivity index (χ2n) is 10.2. The van der Waals surface area contributed by atoms with Crippen LogP contribution in [-0.2, 0) is 44.4 Å². The summed E-state index contributed by atoms with van der Waals surface area (Å²) in [5.41, 5.74) is -15.0. The molecule has 4 rings (SSSR count). The predicted molar refractivity (Wildman–Crippen MR) is 164 cm³/mol. The molecule has 7 nitrogen and oxygen atoms in total. The van der Waals surface area contributed by atoms with Crippen LogP contribution >= 0.6 is 15.9 Å². The fourth-order valence-corrected chi connectivity index (χ4v) is 6.65. The van der Waals surface area contributed by atoms with Crippen LogP contribution in [0.4, 0.5) is 67.2 Å². The molecule has 2 heterocycles. The fourth-order valence-electron chi connectivity index (χ4n) is 3.86. The molecule has 0 fully saturated rings. The number of hydrogen-bond acceptors (Lipinski definition) is 6. The van der Waals surface area contributed by atoms with Gasteiger partial charge in [0, 0.05) is 16.9 Å². The molecule has 2 unspecified atom stereocenters. The van der Waals surface area contributed by atoms with Gasteiger partial charge in [0.25, 0.3) is 0 Å². The van der Waals surface area contributed by atoms with Gasteiger partial charge in [0.15, 0.2) is 0 Å². The normalized spacial score (nSPS) is 13.8. The highest BCUT2D eigenvalue weighted by Crippen LogP contribution is 2.41. The summed E-state index contributed by atoms with van der Waals surface area (Å²) in [6, 6.07) is 3.20. The van der Waals surface area contributed by atoms with E-state index in [1.165, 1.54) is 6.07 Å².